The molecule has 4 heteroatoms. The molecule has 1 aromatic heterocycles. The standard InChI is InChI=1S/C12H10F2N2/c1-7-2-3-11(16-6-7)9-4-8(13)5-10(14)12(9)15/h2-6H,15H2,1H3. The number of aromatic nitrogens is 1. The van der Waals surface area contributed by atoms with E-state index in [1.165, 1.54) is 6.07 Å². The van der Waals surface area contributed by atoms with Crippen LogP contribution in [0.15, 0.2) is 30.5 Å². The zero-order valence-corrected chi connectivity index (χ0v) is 8.67. The molecule has 2 rings (SSSR count). The largest absolute Gasteiger partial charge is 0.396 e. The minimum absolute atomic E-state index is 0.0854. The van der Waals surface area contributed by atoms with Gasteiger partial charge in [0.25, 0.3) is 0 Å². The molecule has 0 atom stereocenters. The van der Waals surface area contributed by atoms with E-state index in [1.807, 2.05) is 13.0 Å². The Kier molecular flexibility index (Phi) is 2.56. The number of pyridine rings is 1. The molecule has 1 heterocycles. The van der Waals surface area contributed by atoms with Crippen molar-refractivity contribution >= 4 is 5.69 Å². The lowest BCUT2D eigenvalue weighted by Crippen LogP contribution is -1.97. The lowest BCUT2D eigenvalue weighted by atomic mass is 10.1. The van der Waals surface area contributed by atoms with Crippen molar-refractivity contribution in [2.45, 2.75) is 6.92 Å². The molecule has 2 N–H and O–H groups in total. The molecule has 82 valence electrons. The number of halogens is 2. The lowest BCUT2D eigenvalue weighted by molar-refractivity contribution is 0.587. The normalized spacial score (nSPS) is 10.4. The summed E-state index contributed by atoms with van der Waals surface area (Å²) in [5.74, 6) is -1.43. The minimum atomic E-state index is -0.766. The van der Waals surface area contributed by atoms with Crippen molar-refractivity contribution in [1.29, 1.82) is 0 Å². The van der Waals surface area contributed by atoms with Crippen molar-refractivity contribution in [3.63, 3.8) is 0 Å². The number of hydrogen-bond acceptors (Lipinski definition) is 2. The third-order valence-electron chi connectivity index (χ3n) is 2.28. The van der Waals surface area contributed by atoms with Crippen LogP contribution in [-0.4, -0.2) is 4.98 Å². The van der Waals surface area contributed by atoms with Crippen molar-refractivity contribution in [2.24, 2.45) is 0 Å². The van der Waals surface area contributed by atoms with Crippen molar-refractivity contribution in [3.05, 3.63) is 47.7 Å². The van der Waals surface area contributed by atoms with Gasteiger partial charge in [-0.05, 0) is 24.6 Å². The fourth-order valence-corrected chi connectivity index (χ4v) is 1.42. The number of aryl methyl sites for hydroxylation is 1. The van der Waals surface area contributed by atoms with E-state index in [2.05, 4.69) is 4.98 Å². The number of benzene rings is 1. The van der Waals surface area contributed by atoms with E-state index in [1.54, 1.807) is 12.3 Å². The first-order valence-corrected chi connectivity index (χ1v) is 4.75. The van der Waals surface area contributed by atoms with Crippen molar-refractivity contribution in [2.75, 3.05) is 5.73 Å². The number of nitrogens with two attached hydrogens (primary N) is 1. The van der Waals surface area contributed by atoms with E-state index in [4.69, 9.17) is 5.73 Å². The molecule has 2 aromatic rings. The summed E-state index contributed by atoms with van der Waals surface area (Å²) in [7, 11) is 0. The lowest BCUT2D eigenvalue weighted by Gasteiger charge is -2.06. The molecular weight excluding hydrogens is 210 g/mol. The quantitative estimate of drug-likeness (QED) is 0.750. The van der Waals surface area contributed by atoms with Gasteiger partial charge >= 0.3 is 0 Å². The second-order valence-corrected chi connectivity index (χ2v) is 3.57. The number of nitrogens with zero attached hydrogens (tertiary/aromatic N) is 1. The third kappa shape index (κ3) is 1.86. The highest BCUT2D eigenvalue weighted by Crippen LogP contribution is 2.27. The van der Waals surface area contributed by atoms with E-state index in [-0.39, 0.29) is 11.3 Å². The Morgan fingerprint density at radius 1 is 1.19 bits per heavy atom. The van der Waals surface area contributed by atoms with Crippen LogP contribution >= 0.6 is 0 Å². The average Bonchev–Trinajstić information content (AvgIpc) is 2.25. The van der Waals surface area contributed by atoms with Gasteiger partial charge in [0.1, 0.15) is 11.6 Å². The highest BCUT2D eigenvalue weighted by Gasteiger charge is 2.10. The van der Waals surface area contributed by atoms with Gasteiger partial charge in [0.05, 0.1) is 11.4 Å². The summed E-state index contributed by atoms with van der Waals surface area (Å²) in [5.41, 5.74) is 7.16. The molecule has 0 saturated carbocycles. The highest BCUT2D eigenvalue weighted by atomic mass is 19.1. The van der Waals surface area contributed by atoms with Crippen LogP contribution in [-0.2, 0) is 0 Å². The van der Waals surface area contributed by atoms with Gasteiger partial charge in [-0.3, -0.25) is 4.98 Å². The van der Waals surface area contributed by atoms with Gasteiger partial charge in [0.2, 0.25) is 0 Å². The molecule has 0 radical (unpaired) electrons. The molecular formula is C12H10F2N2. The fraction of sp³-hybridized carbons (Fsp3) is 0.0833. The fourth-order valence-electron chi connectivity index (χ4n) is 1.42. The number of rotatable bonds is 1. The summed E-state index contributed by atoms with van der Waals surface area (Å²) >= 11 is 0. The van der Waals surface area contributed by atoms with Crippen molar-refractivity contribution in [1.82, 2.24) is 4.98 Å². The highest BCUT2D eigenvalue weighted by molar-refractivity contribution is 5.74. The van der Waals surface area contributed by atoms with Crippen LogP contribution in [0.1, 0.15) is 5.56 Å². The van der Waals surface area contributed by atoms with Gasteiger partial charge in [-0.1, -0.05) is 6.07 Å². The molecule has 16 heavy (non-hydrogen) atoms. The van der Waals surface area contributed by atoms with E-state index in [0.29, 0.717) is 5.69 Å². The minimum Gasteiger partial charge on any atom is -0.396 e. The van der Waals surface area contributed by atoms with Crippen LogP contribution in [0.2, 0.25) is 0 Å². The molecule has 1 aromatic carbocycles. The smallest absolute Gasteiger partial charge is 0.149 e. The van der Waals surface area contributed by atoms with Crippen LogP contribution in [0.4, 0.5) is 14.5 Å². The van der Waals surface area contributed by atoms with Gasteiger partial charge in [0, 0.05) is 17.8 Å². The van der Waals surface area contributed by atoms with Crippen molar-refractivity contribution in [3.8, 4) is 11.3 Å². The molecule has 0 aliphatic rings. The summed E-state index contributed by atoms with van der Waals surface area (Å²) in [4.78, 5) is 4.08. The van der Waals surface area contributed by atoms with Crippen LogP contribution in [0.5, 0.6) is 0 Å². The summed E-state index contributed by atoms with van der Waals surface area (Å²) in [6, 6.07) is 5.42. The predicted octanol–water partition coefficient (Wildman–Crippen LogP) is 2.92. The molecule has 2 nitrogen and oxygen atoms in total. The van der Waals surface area contributed by atoms with E-state index >= 15 is 0 Å². The van der Waals surface area contributed by atoms with Gasteiger partial charge in [-0.2, -0.15) is 0 Å². The second kappa shape index (κ2) is 3.89. The first-order chi connectivity index (χ1) is 7.58. The molecule has 0 bridgehead atoms. The molecule has 0 fully saturated rings. The van der Waals surface area contributed by atoms with Gasteiger partial charge < -0.3 is 5.73 Å². The molecule has 0 aliphatic heterocycles. The first kappa shape index (κ1) is 10.5. The molecule has 0 aliphatic carbocycles. The summed E-state index contributed by atoms with van der Waals surface area (Å²) in [6.45, 7) is 1.88. The molecule has 0 amide bonds. The van der Waals surface area contributed by atoms with Gasteiger partial charge in [-0.15, -0.1) is 0 Å². The Balaban J connectivity index is 2.59. The molecule has 0 spiro atoms. The average molecular weight is 220 g/mol. The van der Waals surface area contributed by atoms with Gasteiger partial charge in [0.15, 0.2) is 0 Å². The Morgan fingerprint density at radius 2 is 1.94 bits per heavy atom. The van der Waals surface area contributed by atoms with E-state index < -0.39 is 11.6 Å². The zero-order valence-electron chi connectivity index (χ0n) is 8.67. The van der Waals surface area contributed by atoms with E-state index in [9.17, 15) is 8.78 Å². The van der Waals surface area contributed by atoms with E-state index in [0.717, 1.165) is 11.6 Å². The van der Waals surface area contributed by atoms with Crippen LogP contribution < -0.4 is 5.73 Å². The van der Waals surface area contributed by atoms with Crippen LogP contribution in [0.3, 0.4) is 0 Å². The second-order valence-electron chi connectivity index (χ2n) is 3.57. The Labute approximate surface area is 91.7 Å². The van der Waals surface area contributed by atoms with Crippen molar-refractivity contribution < 1.29 is 8.78 Å². The Hall–Kier alpha value is -1.97. The Morgan fingerprint density at radius 3 is 2.56 bits per heavy atom. The maximum atomic E-state index is 13.2. The number of hydrogen-bond donors (Lipinski definition) is 1. The number of anilines is 1. The predicted molar refractivity (Wildman–Crippen MR) is 58.7 cm³/mol. The topological polar surface area (TPSA) is 38.9 Å². The monoisotopic (exact) mass is 220 g/mol. The third-order valence-corrected chi connectivity index (χ3v) is 2.28. The number of nitrogen functional groups attached to an aromatic ring is 1. The zero-order chi connectivity index (χ0) is 11.7. The summed E-state index contributed by atoms with van der Waals surface area (Å²) in [6.07, 6.45) is 1.62. The SMILES string of the molecule is Cc1ccc(-c2cc(F)cc(F)c2N)nc1. The first-order valence-electron chi connectivity index (χ1n) is 4.75. The Bertz CT molecular complexity index is 521. The summed E-state index contributed by atoms with van der Waals surface area (Å²) in [5, 5.41) is 0. The van der Waals surface area contributed by atoms with Crippen LogP contribution in [0, 0.1) is 18.6 Å². The molecule has 0 saturated heterocycles. The maximum absolute atomic E-state index is 13.2. The van der Waals surface area contributed by atoms with Crippen LogP contribution in [0.25, 0.3) is 11.3 Å². The molecule has 0 unspecified atom stereocenters. The summed E-state index contributed by atoms with van der Waals surface area (Å²) < 4.78 is 26.3. The van der Waals surface area contributed by atoms with Gasteiger partial charge in [-0.25, -0.2) is 8.78 Å². The maximum Gasteiger partial charge on any atom is 0.149 e.